The van der Waals surface area contributed by atoms with Gasteiger partial charge in [0.1, 0.15) is 12.0 Å². The number of aromatic nitrogens is 4. The first-order valence-corrected chi connectivity index (χ1v) is 9.85. The van der Waals surface area contributed by atoms with Gasteiger partial charge in [0.05, 0.1) is 0 Å². The van der Waals surface area contributed by atoms with Crippen molar-refractivity contribution < 1.29 is 0 Å². The summed E-state index contributed by atoms with van der Waals surface area (Å²) in [5.74, 6) is 1.56. The van der Waals surface area contributed by atoms with Gasteiger partial charge in [-0.05, 0) is 57.6 Å². The maximum Gasteiger partial charge on any atom is 0.156 e. The van der Waals surface area contributed by atoms with E-state index >= 15 is 0 Å². The normalized spacial score (nSPS) is 23.0. The van der Waals surface area contributed by atoms with E-state index in [-0.39, 0.29) is 0 Å². The molecule has 2 aliphatic rings. The molecule has 0 unspecified atom stereocenters. The molecular weight excluding hydrogens is 310 g/mol. The number of aryl methyl sites for hydroxylation is 1. The Morgan fingerprint density at radius 3 is 2.76 bits per heavy atom. The van der Waals surface area contributed by atoms with E-state index in [4.69, 9.17) is 0 Å². The second-order valence-electron chi connectivity index (χ2n) is 7.81. The molecule has 4 rings (SSSR count). The molecule has 5 heteroatoms. The average molecular weight is 339 g/mol. The van der Waals surface area contributed by atoms with Gasteiger partial charge < -0.3 is 9.88 Å². The number of H-pyrrole nitrogens is 1. The fraction of sp³-hybridized carbons (Fsp3) is 0.650. The topological polar surface area (TPSA) is 57.7 Å². The van der Waals surface area contributed by atoms with Crippen LogP contribution in [0.15, 0.2) is 18.6 Å². The quantitative estimate of drug-likeness (QED) is 0.921. The van der Waals surface area contributed by atoms with Gasteiger partial charge in [-0.2, -0.15) is 0 Å². The first kappa shape index (κ1) is 16.7. The Morgan fingerprint density at radius 1 is 1.08 bits per heavy atom. The van der Waals surface area contributed by atoms with Crippen LogP contribution in [-0.2, 0) is 6.42 Å². The summed E-state index contributed by atoms with van der Waals surface area (Å²) in [5.41, 5.74) is 3.11. The number of imidazole rings is 1. The highest BCUT2D eigenvalue weighted by molar-refractivity contribution is 5.49. The van der Waals surface area contributed by atoms with Crippen LogP contribution in [0.5, 0.6) is 0 Å². The van der Waals surface area contributed by atoms with Crippen LogP contribution in [-0.4, -0.2) is 44.0 Å². The second-order valence-corrected chi connectivity index (χ2v) is 7.81. The van der Waals surface area contributed by atoms with E-state index < -0.39 is 0 Å². The highest BCUT2D eigenvalue weighted by Crippen LogP contribution is 2.28. The minimum atomic E-state index is 0.719. The van der Waals surface area contributed by atoms with E-state index in [2.05, 4.69) is 30.9 Å². The molecule has 2 fully saturated rings. The fourth-order valence-corrected chi connectivity index (χ4v) is 4.52. The Hall–Kier alpha value is -1.75. The van der Waals surface area contributed by atoms with Crippen molar-refractivity contribution in [1.29, 1.82) is 0 Å². The van der Waals surface area contributed by atoms with Crippen LogP contribution in [0.4, 0.5) is 0 Å². The third-order valence-electron chi connectivity index (χ3n) is 5.81. The van der Waals surface area contributed by atoms with Crippen molar-refractivity contribution in [2.24, 2.45) is 5.92 Å². The van der Waals surface area contributed by atoms with Gasteiger partial charge in [0, 0.05) is 30.2 Å². The zero-order chi connectivity index (χ0) is 17.1. The summed E-state index contributed by atoms with van der Waals surface area (Å²) in [4.78, 5) is 19.3. The molecule has 1 aliphatic carbocycles. The Labute approximate surface area is 150 Å². The molecule has 1 aliphatic heterocycles. The molecule has 0 radical (unpaired) electrons. The lowest BCUT2D eigenvalue weighted by Gasteiger charge is -2.40. The number of aromatic amines is 1. The van der Waals surface area contributed by atoms with Crippen molar-refractivity contribution in [2.45, 2.75) is 64.3 Å². The number of nitrogens with one attached hydrogen (secondary N) is 1. The van der Waals surface area contributed by atoms with Crippen molar-refractivity contribution >= 4 is 0 Å². The van der Waals surface area contributed by atoms with Crippen molar-refractivity contribution in [3.63, 3.8) is 0 Å². The maximum absolute atomic E-state index is 4.53. The Morgan fingerprint density at radius 2 is 1.96 bits per heavy atom. The summed E-state index contributed by atoms with van der Waals surface area (Å²) in [6.45, 7) is 4.55. The van der Waals surface area contributed by atoms with E-state index in [1.807, 2.05) is 13.1 Å². The highest BCUT2D eigenvalue weighted by atomic mass is 15.2. The summed E-state index contributed by atoms with van der Waals surface area (Å²) in [6.07, 6.45) is 14.3. The minimum absolute atomic E-state index is 0.719. The number of piperidine rings is 1. The second kappa shape index (κ2) is 7.65. The number of nitrogens with zero attached hydrogens (tertiary/aromatic N) is 4. The number of hydrogen-bond acceptors (Lipinski definition) is 4. The Balaban J connectivity index is 1.41. The van der Waals surface area contributed by atoms with E-state index in [0.717, 1.165) is 41.3 Å². The zero-order valence-corrected chi connectivity index (χ0v) is 15.2. The molecule has 2 aromatic heterocycles. The molecule has 1 saturated heterocycles. The van der Waals surface area contributed by atoms with Gasteiger partial charge >= 0.3 is 0 Å². The lowest BCUT2D eigenvalue weighted by Crippen LogP contribution is -2.44. The van der Waals surface area contributed by atoms with Gasteiger partial charge in [-0.1, -0.05) is 19.3 Å². The van der Waals surface area contributed by atoms with Gasteiger partial charge in [0.2, 0.25) is 0 Å². The van der Waals surface area contributed by atoms with Crippen molar-refractivity contribution in [1.82, 2.24) is 24.8 Å². The summed E-state index contributed by atoms with van der Waals surface area (Å²) >= 11 is 0. The molecule has 0 bridgehead atoms. The Kier molecular flexibility index (Phi) is 5.11. The first-order valence-electron chi connectivity index (χ1n) is 9.85. The van der Waals surface area contributed by atoms with Gasteiger partial charge in [0.25, 0.3) is 0 Å². The highest BCUT2D eigenvalue weighted by Gasteiger charge is 2.27. The van der Waals surface area contributed by atoms with Crippen molar-refractivity contribution in [3.8, 4) is 11.5 Å². The summed E-state index contributed by atoms with van der Waals surface area (Å²) < 4.78 is 0. The Bertz CT molecular complexity index is 689. The van der Waals surface area contributed by atoms with Crippen LogP contribution in [0.2, 0.25) is 0 Å². The molecule has 3 heterocycles. The van der Waals surface area contributed by atoms with Gasteiger partial charge in [-0.3, -0.25) is 0 Å². The van der Waals surface area contributed by atoms with Crippen molar-refractivity contribution in [2.75, 3.05) is 13.1 Å². The summed E-state index contributed by atoms with van der Waals surface area (Å²) in [7, 11) is 0. The standard InChI is InChI=1S/C20H29N5/c1-15-12-21-20(24-15)19-11-17(22-14-23-19)10-16-6-5-9-25(13-16)18-7-3-2-4-8-18/h11-12,14,16,18H,2-10,13H2,1H3,(H,21,24)/t16-/m1/s1. The minimum Gasteiger partial charge on any atom is -0.341 e. The molecule has 5 nitrogen and oxygen atoms in total. The van der Waals surface area contributed by atoms with Crippen LogP contribution in [0.3, 0.4) is 0 Å². The molecule has 1 atom stereocenters. The van der Waals surface area contributed by atoms with E-state index in [1.165, 1.54) is 58.0 Å². The van der Waals surface area contributed by atoms with Crippen LogP contribution >= 0.6 is 0 Å². The zero-order valence-electron chi connectivity index (χ0n) is 15.2. The maximum atomic E-state index is 4.53. The molecule has 0 amide bonds. The fourth-order valence-electron chi connectivity index (χ4n) is 4.52. The van der Waals surface area contributed by atoms with Crippen LogP contribution in [0.1, 0.15) is 56.3 Å². The SMILES string of the molecule is Cc1cnc(-c2cc(C[C@H]3CCCN(C4CCCCC4)C3)ncn2)[nH]1. The number of hydrogen-bond donors (Lipinski definition) is 1. The lowest BCUT2D eigenvalue weighted by atomic mass is 9.88. The largest absolute Gasteiger partial charge is 0.341 e. The molecular formula is C20H29N5. The average Bonchev–Trinajstić information content (AvgIpc) is 3.09. The predicted octanol–water partition coefficient (Wildman–Crippen LogP) is 3.76. The number of rotatable bonds is 4. The monoisotopic (exact) mass is 339 g/mol. The molecule has 134 valence electrons. The number of likely N-dealkylation sites (tertiary alicyclic amines) is 1. The van der Waals surface area contributed by atoms with E-state index in [0.29, 0.717) is 0 Å². The molecule has 25 heavy (non-hydrogen) atoms. The smallest absolute Gasteiger partial charge is 0.156 e. The van der Waals surface area contributed by atoms with Gasteiger partial charge in [-0.15, -0.1) is 0 Å². The molecule has 2 aromatic rings. The molecule has 1 saturated carbocycles. The predicted molar refractivity (Wildman–Crippen MR) is 99.2 cm³/mol. The first-order chi connectivity index (χ1) is 12.3. The third-order valence-corrected chi connectivity index (χ3v) is 5.81. The summed E-state index contributed by atoms with van der Waals surface area (Å²) in [6, 6.07) is 2.95. The van der Waals surface area contributed by atoms with Gasteiger partial charge in [-0.25, -0.2) is 15.0 Å². The van der Waals surface area contributed by atoms with Crippen molar-refractivity contribution in [3.05, 3.63) is 30.0 Å². The summed E-state index contributed by atoms with van der Waals surface area (Å²) in [5, 5.41) is 0. The van der Waals surface area contributed by atoms with Gasteiger partial charge in [0.15, 0.2) is 5.82 Å². The molecule has 0 spiro atoms. The van der Waals surface area contributed by atoms with Crippen LogP contribution < -0.4 is 0 Å². The van der Waals surface area contributed by atoms with Crippen LogP contribution in [0.25, 0.3) is 11.5 Å². The lowest BCUT2D eigenvalue weighted by molar-refractivity contribution is 0.0981. The van der Waals surface area contributed by atoms with E-state index in [9.17, 15) is 0 Å². The molecule has 0 aromatic carbocycles. The molecule has 1 N–H and O–H groups in total. The van der Waals surface area contributed by atoms with E-state index in [1.54, 1.807) is 6.33 Å². The van der Waals surface area contributed by atoms with Crippen LogP contribution in [0, 0.1) is 12.8 Å². The third kappa shape index (κ3) is 4.09.